The van der Waals surface area contributed by atoms with Gasteiger partial charge >= 0.3 is 7.12 Å². The van der Waals surface area contributed by atoms with Crippen molar-refractivity contribution in [1.29, 1.82) is 0 Å². The molecular weight excluding hydrogens is 1310 g/mol. The molecule has 0 bridgehead atoms. The van der Waals surface area contributed by atoms with Gasteiger partial charge < -0.3 is 10.0 Å². The lowest BCUT2D eigenvalue weighted by molar-refractivity contribution is 0.426. The first-order valence-corrected chi connectivity index (χ1v) is 34.4. The predicted molar refractivity (Wildman–Crippen MR) is 424 cm³/mol. The Kier molecular flexibility index (Phi) is 15.6. The van der Waals surface area contributed by atoms with E-state index in [-0.39, 0.29) is 0 Å². The highest BCUT2D eigenvalue weighted by atomic mass is 79.9. The fraction of sp³-hybridized carbons (Fsp3) is 0. The van der Waals surface area contributed by atoms with Crippen molar-refractivity contribution in [1.82, 2.24) is 0 Å². The van der Waals surface area contributed by atoms with Gasteiger partial charge in [-0.3, -0.25) is 0 Å². The Morgan fingerprint density at radius 1 is 0.175 bits per heavy atom. The van der Waals surface area contributed by atoms with Gasteiger partial charge in [-0.15, -0.1) is 0 Å². The van der Waals surface area contributed by atoms with Crippen LogP contribution in [-0.2, 0) is 0 Å². The summed E-state index contributed by atoms with van der Waals surface area (Å²) in [6.45, 7) is 0. The van der Waals surface area contributed by atoms with Crippen molar-refractivity contribution in [3.8, 4) is 55.6 Å². The van der Waals surface area contributed by atoms with Gasteiger partial charge in [-0.05, 0) is 234 Å². The quantitative estimate of drug-likeness (QED) is 0.129. The molecule has 0 spiro atoms. The zero-order valence-electron chi connectivity index (χ0n) is 52.6. The van der Waals surface area contributed by atoms with E-state index in [1.54, 1.807) is 0 Å². The van der Waals surface area contributed by atoms with Crippen LogP contribution in [0.15, 0.2) is 355 Å². The summed E-state index contributed by atoms with van der Waals surface area (Å²) in [5.74, 6) is 0. The molecule has 97 heavy (non-hydrogen) atoms. The van der Waals surface area contributed by atoms with Crippen LogP contribution in [0, 0.1) is 0 Å². The SMILES string of the molecule is Brc1ccc2cc(Br)ccc2c1.OB(O)c1c2ccccc2c(-c2ccc3ccccc3c2)c2ccccc12.c1ccc2cc(-c3c4ccccc4c(-c4ccc5cc(-c6c7ccccc7c(-c7ccc8ccccc8c7)c7ccccc67)ccc5c4)c4ccccc34)ccc2c1. The minimum atomic E-state index is -1.52. The summed E-state index contributed by atoms with van der Waals surface area (Å²) in [4.78, 5) is 0. The summed E-state index contributed by atoms with van der Waals surface area (Å²) < 4.78 is 2.25. The lowest BCUT2D eigenvalue weighted by atomic mass is 9.72. The summed E-state index contributed by atoms with van der Waals surface area (Å²) in [5, 5.41) is 46.5. The normalized spacial score (nSPS) is 11.5. The van der Waals surface area contributed by atoms with Gasteiger partial charge in [0.15, 0.2) is 0 Å². The first-order valence-electron chi connectivity index (χ1n) is 32.8. The molecular formula is C92H59BBr2O2. The lowest BCUT2D eigenvalue weighted by Gasteiger charge is -2.19. The van der Waals surface area contributed by atoms with Crippen LogP contribution in [0.1, 0.15) is 0 Å². The fourth-order valence-corrected chi connectivity index (χ4v) is 15.8. The third kappa shape index (κ3) is 11.0. The molecule has 0 saturated heterocycles. The Morgan fingerprint density at radius 2 is 0.351 bits per heavy atom. The molecule has 0 saturated carbocycles. The third-order valence-corrected chi connectivity index (χ3v) is 20.4. The minimum Gasteiger partial charge on any atom is -0.423 e. The maximum atomic E-state index is 10.1. The van der Waals surface area contributed by atoms with Crippen LogP contribution in [0.25, 0.3) is 174 Å². The average molecular weight is 1370 g/mol. The van der Waals surface area contributed by atoms with E-state index in [4.69, 9.17) is 0 Å². The third-order valence-electron chi connectivity index (χ3n) is 19.4. The van der Waals surface area contributed by atoms with Gasteiger partial charge in [0.25, 0.3) is 0 Å². The zero-order valence-corrected chi connectivity index (χ0v) is 55.8. The Labute approximate surface area is 579 Å². The van der Waals surface area contributed by atoms with Crippen molar-refractivity contribution in [3.63, 3.8) is 0 Å². The van der Waals surface area contributed by atoms with Crippen LogP contribution < -0.4 is 5.46 Å². The van der Waals surface area contributed by atoms with Crippen LogP contribution in [-0.4, -0.2) is 17.2 Å². The van der Waals surface area contributed by atoms with Crippen molar-refractivity contribution < 1.29 is 10.0 Å². The largest absolute Gasteiger partial charge is 0.489 e. The lowest BCUT2D eigenvalue weighted by Crippen LogP contribution is -2.31. The smallest absolute Gasteiger partial charge is 0.423 e. The molecule has 0 aromatic heterocycles. The first-order chi connectivity index (χ1) is 47.8. The number of fused-ring (bicyclic) bond motifs is 11. The molecule has 2 N–H and O–H groups in total. The molecule has 19 rings (SSSR count). The molecule has 0 atom stereocenters. The van der Waals surface area contributed by atoms with Crippen LogP contribution in [0.3, 0.4) is 0 Å². The van der Waals surface area contributed by atoms with Crippen molar-refractivity contribution >= 4 is 163 Å². The standard InChI is InChI=1S/C58H36.C24H17BO2.C10H6Br2/c1-3-15-39-33-43(29-25-37(39)13-1)55-47-17-5-9-21-51(47)57(52-22-10-6-18-48(52)55)45-31-27-42-36-46(32-28-41(42)35-45)58-53-23-11-7-19-49(53)56(50-20-8-12-24-54(50)58)44-30-26-38-14-2-4-16-40(38)34-44;26-25(27)24-21-11-5-3-9-19(21)23(20-10-4-6-12-22(20)24)18-14-13-16-7-1-2-8-17(16)15-18;11-9-3-1-7-5-10(12)4-2-8(7)6-9/h1-36H;1-15,26-27H;1-6H. The van der Waals surface area contributed by atoms with E-state index in [9.17, 15) is 10.0 Å². The van der Waals surface area contributed by atoms with Crippen molar-refractivity contribution in [3.05, 3.63) is 355 Å². The van der Waals surface area contributed by atoms with Gasteiger partial charge in [0, 0.05) is 8.95 Å². The van der Waals surface area contributed by atoms with Crippen LogP contribution in [0.4, 0.5) is 0 Å². The van der Waals surface area contributed by atoms with Crippen LogP contribution in [0.5, 0.6) is 0 Å². The van der Waals surface area contributed by atoms with Gasteiger partial charge in [0.1, 0.15) is 0 Å². The zero-order chi connectivity index (χ0) is 65.1. The molecule has 0 heterocycles. The number of hydrogen-bond acceptors (Lipinski definition) is 2. The number of rotatable bonds is 6. The molecule has 0 aliphatic heterocycles. The van der Waals surface area contributed by atoms with Gasteiger partial charge in [-0.2, -0.15) is 0 Å². The second-order valence-electron chi connectivity index (χ2n) is 25.0. The van der Waals surface area contributed by atoms with E-state index in [0.717, 1.165) is 41.6 Å². The molecule has 0 fully saturated rings. The highest BCUT2D eigenvalue weighted by molar-refractivity contribution is 9.10. The van der Waals surface area contributed by atoms with Crippen LogP contribution >= 0.6 is 31.9 Å². The van der Waals surface area contributed by atoms with Gasteiger partial charge in [0.2, 0.25) is 0 Å². The minimum absolute atomic E-state index is 0.561. The Morgan fingerprint density at radius 3 is 0.598 bits per heavy atom. The molecule has 2 nitrogen and oxygen atoms in total. The summed E-state index contributed by atoms with van der Waals surface area (Å²) >= 11 is 6.88. The molecule has 456 valence electrons. The summed E-state index contributed by atoms with van der Waals surface area (Å²) in [7, 11) is -1.52. The second-order valence-corrected chi connectivity index (χ2v) is 26.9. The van der Waals surface area contributed by atoms with Crippen molar-refractivity contribution in [2.45, 2.75) is 0 Å². The predicted octanol–water partition coefficient (Wildman–Crippen LogP) is 25.3. The average Bonchev–Trinajstić information content (AvgIpc) is 0.749. The van der Waals surface area contributed by atoms with E-state index < -0.39 is 7.12 Å². The molecule has 19 aromatic rings. The maximum absolute atomic E-state index is 10.1. The molecule has 0 unspecified atom stereocenters. The molecule has 0 amide bonds. The van der Waals surface area contributed by atoms with Crippen molar-refractivity contribution in [2.24, 2.45) is 0 Å². The Balaban J connectivity index is 0.000000148. The highest BCUT2D eigenvalue weighted by Crippen LogP contribution is 2.48. The van der Waals surface area contributed by atoms with E-state index in [1.807, 2.05) is 48.5 Å². The number of benzene rings is 19. The van der Waals surface area contributed by atoms with Gasteiger partial charge in [-0.1, -0.05) is 323 Å². The molecule has 0 aliphatic rings. The van der Waals surface area contributed by atoms with Crippen molar-refractivity contribution in [2.75, 3.05) is 0 Å². The highest BCUT2D eigenvalue weighted by Gasteiger charge is 2.24. The molecule has 0 aliphatic carbocycles. The maximum Gasteiger partial charge on any atom is 0.489 e. The molecule has 5 heteroatoms. The van der Waals surface area contributed by atoms with E-state index in [1.165, 1.54) is 141 Å². The Bertz CT molecular complexity index is 5900. The fourth-order valence-electron chi connectivity index (χ4n) is 15.0. The van der Waals surface area contributed by atoms with E-state index >= 15 is 0 Å². The molecule has 19 aromatic carbocycles. The van der Waals surface area contributed by atoms with E-state index in [0.29, 0.717) is 5.46 Å². The monoisotopic (exact) mass is 1360 g/mol. The number of halogens is 2. The summed E-state index contributed by atoms with van der Waals surface area (Å²) in [5.41, 5.74) is 12.9. The summed E-state index contributed by atoms with van der Waals surface area (Å²) in [6.07, 6.45) is 0. The topological polar surface area (TPSA) is 40.5 Å². The number of hydrogen-bond donors (Lipinski definition) is 2. The van der Waals surface area contributed by atoms with Gasteiger partial charge in [-0.25, -0.2) is 0 Å². The van der Waals surface area contributed by atoms with Crippen LogP contribution in [0.2, 0.25) is 0 Å². The van der Waals surface area contributed by atoms with E-state index in [2.05, 4.69) is 329 Å². The second kappa shape index (κ2) is 25.3. The summed E-state index contributed by atoms with van der Waals surface area (Å²) in [6, 6.07) is 124. The van der Waals surface area contributed by atoms with Gasteiger partial charge in [0.05, 0.1) is 0 Å². The first kappa shape index (κ1) is 59.7. The molecule has 0 radical (unpaired) electrons. The Hall–Kier alpha value is -11.0.